The number of ether oxygens (including phenoxy) is 3. The molecule has 0 aromatic rings. The Morgan fingerprint density at radius 3 is 2.58 bits per heavy atom. The fraction of sp³-hybridized carbons (Fsp3) is 1.00. The van der Waals surface area contributed by atoms with Crippen molar-refractivity contribution in [3.63, 3.8) is 0 Å². The van der Waals surface area contributed by atoms with Crippen molar-refractivity contribution in [2.45, 2.75) is 80.9 Å². The van der Waals surface area contributed by atoms with E-state index in [4.69, 9.17) is 24.0 Å². The topological polar surface area (TPSA) is 46.2 Å². The van der Waals surface area contributed by atoms with Gasteiger partial charge in [-0.1, -0.05) is 22.9 Å². The molecule has 9 heteroatoms. The summed E-state index contributed by atoms with van der Waals surface area (Å²) >= 11 is 3.62. The molecule has 0 N–H and O–H groups in total. The van der Waals surface area contributed by atoms with E-state index in [-0.39, 0.29) is 11.8 Å². The molecule has 4 aliphatic heterocycles. The van der Waals surface area contributed by atoms with Crippen molar-refractivity contribution < 1.29 is 37.2 Å². The number of halogens is 4. The SMILES string of the molecule is C[C@@H]1CC[C@H]2[C@@](C)(Br)[C@@H](OCC(F)(F)F)O[C@@H]3O[C@]4(C)CC[C@@H]1[C@]32OO4. The molecule has 1 spiro atoms. The molecule has 0 amide bonds. The lowest BCUT2D eigenvalue weighted by Crippen LogP contribution is -2.74. The number of rotatable bonds is 2. The third-order valence-corrected chi connectivity index (χ3v) is 7.43. The molecule has 8 atom stereocenters. The van der Waals surface area contributed by atoms with Gasteiger partial charge in [-0.05, 0) is 44.9 Å². The average Bonchev–Trinajstić information content (AvgIpc) is 2.75. The van der Waals surface area contributed by atoms with Gasteiger partial charge in [0.05, 0.1) is 4.32 Å². The van der Waals surface area contributed by atoms with Crippen LogP contribution >= 0.6 is 15.9 Å². The van der Waals surface area contributed by atoms with Crippen LogP contribution < -0.4 is 0 Å². The van der Waals surface area contributed by atoms with E-state index >= 15 is 0 Å². The smallest absolute Gasteiger partial charge is 0.342 e. The Kier molecular flexibility index (Phi) is 4.50. The zero-order valence-corrected chi connectivity index (χ0v) is 16.6. The zero-order valence-electron chi connectivity index (χ0n) is 15.0. The first-order valence-electron chi connectivity index (χ1n) is 9.05. The summed E-state index contributed by atoms with van der Waals surface area (Å²) in [7, 11) is 0. The Labute approximate surface area is 158 Å². The van der Waals surface area contributed by atoms with Crippen LogP contribution in [0.1, 0.15) is 46.5 Å². The molecular formula is C17H24BrF3O5. The van der Waals surface area contributed by atoms with Gasteiger partial charge in [0.2, 0.25) is 5.79 Å². The minimum atomic E-state index is -4.43. The Balaban J connectivity index is 1.70. The summed E-state index contributed by atoms with van der Waals surface area (Å²) in [6.07, 6.45) is -3.16. The number of hydrogen-bond acceptors (Lipinski definition) is 5. The molecular weight excluding hydrogens is 421 g/mol. The van der Waals surface area contributed by atoms with E-state index in [1.54, 1.807) is 13.8 Å². The van der Waals surface area contributed by atoms with Gasteiger partial charge in [-0.2, -0.15) is 13.2 Å². The van der Waals surface area contributed by atoms with Crippen LogP contribution in [0, 0.1) is 17.8 Å². The lowest BCUT2D eigenvalue weighted by atomic mass is 9.58. The molecule has 5 rings (SSSR count). The molecule has 2 bridgehead atoms. The molecule has 0 aromatic heterocycles. The highest BCUT2D eigenvalue weighted by molar-refractivity contribution is 9.10. The molecule has 4 saturated heterocycles. The van der Waals surface area contributed by atoms with Gasteiger partial charge in [-0.3, -0.25) is 0 Å². The van der Waals surface area contributed by atoms with Gasteiger partial charge in [0, 0.05) is 12.3 Å². The lowest BCUT2D eigenvalue weighted by Gasteiger charge is -2.62. The molecule has 4 heterocycles. The number of alkyl halides is 4. The maximum absolute atomic E-state index is 12.7. The van der Waals surface area contributed by atoms with Crippen LogP contribution in [0.25, 0.3) is 0 Å². The third-order valence-electron chi connectivity index (χ3n) is 6.51. The van der Waals surface area contributed by atoms with Crippen LogP contribution in [0.2, 0.25) is 0 Å². The van der Waals surface area contributed by atoms with Gasteiger partial charge in [0.15, 0.2) is 18.2 Å². The van der Waals surface area contributed by atoms with Crippen molar-refractivity contribution in [3.05, 3.63) is 0 Å². The average molecular weight is 445 g/mol. The molecule has 26 heavy (non-hydrogen) atoms. The van der Waals surface area contributed by atoms with E-state index in [0.717, 1.165) is 19.3 Å². The van der Waals surface area contributed by atoms with Crippen molar-refractivity contribution in [1.82, 2.24) is 0 Å². The van der Waals surface area contributed by atoms with E-state index in [1.165, 1.54) is 0 Å². The normalized spacial score (nSPS) is 53.9. The van der Waals surface area contributed by atoms with Crippen LogP contribution in [0.4, 0.5) is 13.2 Å². The van der Waals surface area contributed by atoms with Crippen molar-refractivity contribution in [2.75, 3.05) is 6.61 Å². The van der Waals surface area contributed by atoms with Crippen LogP contribution in [0.3, 0.4) is 0 Å². The first-order valence-corrected chi connectivity index (χ1v) is 9.85. The highest BCUT2D eigenvalue weighted by atomic mass is 79.9. The minimum absolute atomic E-state index is 0.135. The van der Waals surface area contributed by atoms with Gasteiger partial charge >= 0.3 is 6.18 Å². The lowest BCUT2D eigenvalue weighted by molar-refractivity contribution is -0.575. The second-order valence-corrected chi connectivity index (χ2v) is 10.1. The number of fused-ring (bicyclic) bond motifs is 2. The molecule has 0 aromatic carbocycles. The van der Waals surface area contributed by atoms with Gasteiger partial charge in [-0.15, -0.1) is 0 Å². The third kappa shape index (κ3) is 2.85. The second kappa shape index (κ2) is 6.03. The summed E-state index contributed by atoms with van der Waals surface area (Å²) < 4.78 is 54.4. The van der Waals surface area contributed by atoms with Gasteiger partial charge < -0.3 is 14.2 Å². The van der Waals surface area contributed by atoms with E-state index in [0.29, 0.717) is 12.3 Å². The highest BCUT2D eigenvalue weighted by Crippen LogP contribution is 2.63. The van der Waals surface area contributed by atoms with Gasteiger partial charge in [0.1, 0.15) is 6.61 Å². The second-order valence-electron chi connectivity index (χ2n) is 8.40. The molecule has 5 aliphatic rings. The zero-order chi connectivity index (χ0) is 19.0. The Bertz CT molecular complexity index is 573. The Morgan fingerprint density at radius 2 is 1.88 bits per heavy atom. The predicted octanol–water partition coefficient (Wildman–Crippen LogP) is 4.29. The van der Waals surface area contributed by atoms with Crippen LogP contribution in [0.5, 0.6) is 0 Å². The van der Waals surface area contributed by atoms with E-state index in [9.17, 15) is 13.2 Å². The molecule has 0 radical (unpaired) electrons. The summed E-state index contributed by atoms with van der Waals surface area (Å²) in [5.41, 5.74) is -0.857. The summed E-state index contributed by atoms with van der Waals surface area (Å²) in [5, 5.41) is 0. The predicted molar refractivity (Wildman–Crippen MR) is 87.0 cm³/mol. The Hall–Kier alpha value is 0.0700. The summed E-state index contributed by atoms with van der Waals surface area (Å²) in [5.74, 6) is -0.626. The van der Waals surface area contributed by atoms with Crippen molar-refractivity contribution in [1.29, 1.82) is 0 Å². The molecule has 5 nitrogen and oxygen atoms in total. The van der Waals surface area contributed by atoms with Crippen LogP contribution in [0.15, 0.2) is 0 Å². The van der Waals surface area contributed by atoms with Crippen molar-refractivity contribution in [2.24, 2.45) is 17.8 Å². The van der Waals surface area contributed by atoms with E-state index in [2.05, 4.69) is 22.9 Å². The fourth-order valence-electron chi connectivity index (χ4n) is 5.22. The monoisotopic (exact) mass is 444 g/mol. The maximum atomic E-state index is 12.7. The van der Waals surface area contributed by atoms with Gasteiger partial charge in [0.25, 0.3) is 0 Å². The highest BCUT2D eigenvalue weighted by Gasteiger charge is 2.72. The summed E-state index contributed by atoms with van der Waals surface area (Å²) in [4.78, 5) is 11.6. The number of hydrogen-bond donors (Lipinski definition) is 0. The largest absolute Gasteiger partial charge is 0.411 e. The van der Waals surface area contributed by atoms with Gasteiger partial charge in [-0.25, -0.2) is 9.78 Å². The molecule has 5 fully saturated rings. The molecule has 1 aliphatic carbocycles. The molecule has 150 valence electrons. The van der Waals surface area contributed by atoms with E-state index < -0.39 is 41.1 Å². The molecule has 0 unspecified atom stereocenters. The molecule has 1 saturated carbocycles. The standard InChI is InChI=1S/C17H24BrF3O5/c1-9-4-5-11-15(3,18)12(22-8-16(19,20)21)23-13-17(11)10(9)6-7-14(2,24-13)25-26-17/h9-13H,4-8H2,1-3H3/t9-,10+,11+,12+,13-,14+,15-,17-/m1/s1. The van der Waals surface area contributed by atoms with Crippen molar-refractivity contribution >= 4 is 15.9 Å². The minimum Gasteiger partial charge on any atom is -0.342 e. The quantitative estimate of drug-likeness (QED) is 0.469. The first-order chi connectivity index (χ1) is 12.0. The summed E-state index contributed by atoms with van der Waals surface area (Å²) in [6, 6.07) is 0. The van der Waals surface area contributed by atoms with E-state index in [1.807, 2.05) is 0 Å². The first kappa shape index (κ1) is 19.4. The maximum Gasteiger partial charge on any atom is 0.411 e. The van der Waals surface area contributed by atoms with Crippen LogP contribution in [-0.2, 0) is 24.0 Å². The Morgan fingerprint density at radius 1 is 1.15 bits per heavy atom. The fourth-order valence-corrected chi connectivity index (χ4v) is 6.05. The summed E-state index contributed by atoms with van der Waals surface area (Å²) in [6.45, 7) is 4.38. The van der Waals surface area contributed by atoms with Crippen LogP contribution in [-0.4, -0.2) is 41.1 Å². The van der Waals surface area contributed by atoms with Crippen molar-refractivity contribution in [3.8, 4) is 0 Å².